The van der Waals surface area contributed by atoms with E-state index >= 15 is 0 Å². The van der Waals surface area contributed by atoms with Gasteiger partial charge in [0.15, 0.2) is 5.75 Å². The van der Waals surface area contributed by atoms with Crippen molar-refractivity contribution in [3.05, 3.63) is 90.6 Å². The smallest absolute Gasteiger partial charge is 0.235 e. The zero-order valence-electron chi connectivity index (χ0n) is 15.6. The number of benzene rings is 2. The highest BCUT2D eigenvalue weighted by molar-refractivity contribution is 5.76. The van der Waals surface area contributed by atoms with Crippen molar-refractivity contribution < 1.29 is 10.2 Å². The van der Waals surface area contributed by atoms with Gasteiger partial charge in [-0.2, -0.15) is 0 Å². The number of nitrogens with zero attached hydrogens (tertiary/aromatic N) is 3. The Labute approximate surface area is 164 Å². The molecule has 2 N–H and O–H groups in total. The fourth-order valence-electron chi connectivity index (χ4n) is 3.59. The summed E-state index contributed by atoms with van der Waals surface area (Å²) in [6, 6.07) is 19.9. The maximum absolute atomic E-state index is 10.7. The van der Waals surface area contributed by atoms with Crippen LogP contribution in [0.2, 0.25) is 0 Å². The highest BCUT2D eigenvalue weighted by Crippen LogP contribution is 2.43. The van der Waals surface area contributed by atoms with Crippen LogP contribution in [0.1, 0.15) is 17.7 Å². The van der Waals surface area contributed by atoms with Gasteiger partial charge in [0, 0.05) is 43.2 Å². The molecule has 142 valence electrons. The molecule has 0 aliphatic heterocycles. The van der Waals surface area contributed by atoms with Crippen molar-refractivity contribution in [2.24, 2.45) is 0 Å². The number of hydrogen-bond donors (Lipinski definition) is 2. The van der Waals surface area contributed by atoms with Crippen LogP contribution in [-0.4, -0.2) is 24.3 Å². The maximum Gasteiger partial charge on any atom is 0.235 e. The molecular weight excluding hydrogens is 350 g/mol. The van der Waals surface area contributed by atoms with E-state index in [-0.39, 0.29) is 11.6 Å². The van der Waals surface area contributed by atoms with Gasteiger partial charge in [-0.1, -0.05) is 60.7 Å². The Morgan fingerprint density at radius 2 is 1.57 bits per heavy atom. The van der Waals surface area contributed by atoms with Crippen LogP contribution in [0, 0.1) is 0 Å². The summed E-state index contributed by atoms with van der Waals surface area (Å²) in [6.45, 7) is 1.40. The minimum absolute atomic E-state index is 0.0558. The van der Waals surface area contributed by atoms with Crippen LogP contribution < -0.4 is 0 Å². The second-order valence-corrected chi connectivity index (χ2v) is 6.83. The minimum Gasteiger partial charge on any atom is -0.503 e. The van der Waals surface area contributed by atoms with E-state index in [0.717, 1.165) is 29.8 Å². The molecule has 5 nitrogen and oxygen atoms in total. The van der Waals surface area contributed by atoms with Crippen LogP contribution in [0.15, 0.2) is 79.4 Å². The van der Waals surface area contributed by atoms with Crippen molar-refractivity contribution in [3.8, 4) is 22.8 Å². The van der Waals surface area contributed by atoms with Gasteiger partial charge in [-0.3, -0.25) is 0 Å². The molecule has 4 rings (SSSR count). The number of aromatic nitrogens is 3. The van der Waals surface area contributed by atoms with Crippen LogP contribution in [0.3, 0.4) is 0 Å². The van der Waals surface area contributed by atoms with Crippen LogP contribution in [0.5, 0.6) is 11.6 Å². The van der Waals surface area contributed by atoms with Crippen LogP contribution in [-0.2, 0) is 19.5 Å². The molecule has 0 bridgehead atoms. The first-order valence-electron chi connectivity index (χ1n) is 9.42. The van der Waals surface area contributed by atoms with E-state index in [9.17, 15) is 10.2 Å². The third-order valence-corrected chi connectivity index (χ3v) is 4.95. The Balaban J connectivity index is 1.71. The predicted octanol–water partition coefficient (Wildman–Crippen LogP) is 4.44. The summed E-state index contributed by atoms with van der Waals surface area (Å²) in [5, 5.41) is 21.4. The quantitative estimate of drug-likeness (QED) is 0.503. The summed E-state index contributed by atoms with van der Waals surface area (Å²) in [6.07, 6.45) is 6.91. The summed E-state index contributed by atoms with van der Waals surface area (Å²) < 4.78 is 3.84. The van der Waals surface area contributed by atoms with E-state index in [4.69, 9.17) is 0 Å². The number of aromatic hydroxyl groups is 2. The van der Waals surface area contributed by atoms with Crippen molar-refractivity contribution in [1.29, 1.82) is 0 Å². The van der Waals surface area contributed by atoms with Crippen molar-refractivity contribution >= 4 is 0 Å². The number of rotatable bonds is 7. The lowest BCUT2D eigenvalue weighted by Gasteiger charge is -2.12. The van der Waals surface area contributed by atoms with Gasteiger partial charge in [0.1, 0.15) is 0 Å². The number of hydrogen-bond acceptors (Lipinski definition) is 3. The lowest BCUT2D eigenvalue weighted by molar-refractivity contribution is 0.366. The third-order valence-electron chi connectivity index (χ3n) is 4.95. The molecule has 0 unspecified atom stereocenters. The monoisotopic (exact) mass is 373 g/mol. The van der Waals surface area contributed by atoms with Gasteiger partial charge in [0.2, 0.25) is 5.88 Å². The fourth-order valence-corrected chi connectivity index (χ4v) is 3.59. The molecule has 0 fully saturated rings. The van der Waals surface area contributed by atoms with E-state index in [2.05, 4.69) is 17.1 Å². The van der Waals surface area contributed by atoms with Crippen molar-refractivity contribution in [2.45, 2.75) is 25.9 Å². The average molecular weight is 373 g/mol. The van der Waals surface area contributed by atoms with Gasteiger partial charge in [-0.15, -0.1) is 0 Å². The first-order chi connectivity index (χ1) is 13.7. The zero-order valence-corrected chi connectivity index (χ0v) is 15.6. The van der Waals surface area contributed by atoms with Crippen LogP contribution >= 0.6 is 0 Å². The highest BCUT2D eigenvalue weighted by atomic mass is 16.3. The maximum atomic E-state index is 10.7. The van der Waals surface area contributed by atoms with Gasteiger partial charge in [0.25, 0.3) is 0 Å². The molecule has 0 atom stereocenters. The van der Waals surface area contributed by atoms with E-state index in [1.54, 1.807) is 12.5 Å². The van der Waals surface area contributed by atoms with Gasteiger partial charge in [-0.25, -0.2) is 4.98 Å². The van der Waals surface area contributed by atoms with E-state index < -0.39 is 0 Å². The number of imidazole rings is 1. The van der Waals surface area contributed by atoms with Crippen molar-refractivity contribution in [1.82, 2.24) is 14.1 Å². The minimum atomic E-state index is -0.0737. The largest absolute Gasteiger partial charge is 0.503 e. The Bertz CT molecular complexity index is 1020. The average Bonchev–Trinajstić information content (AvgIpc) is 3.32. The molecular formula is C23H23N3O2. The third kappa shape index (κ3) is 3.64. The summed E-state index contributed by atoms with van der Waals surface area (Å²) >= 11 is 0. The molecule has 2 aromatic carbocycles. The predicted molar refractivity (Wildman–Crippen MR) is 109 cm³/mol. The summed E-state index contributed by atoms with van der Waals surface area (Å²) in [5.74, 6) is -0.129. The molecule has 0 spiro atoms. The molecule has 0 radical (unpaired) electrons. The first kappa shape index (κ1) is 17.9. The van der Waals surface area contributed by atoms with Gasteiger partial charge < -0.3 is 19.3 Å². The summed E-state index contributed by atoms with van der Waals surface area (Å²) in [5.41, 5.74) is 3.64. The van der Waals surface area contributed by atoms with Gasteiger partial charge in [-0.05, 0) is 17.5 Å². The molecule has 5 heteroatoms. The molecule has 2 aromatic heterocycles. The zero-order chi connectivity index (χ0) is 19.3. The van der Waals surface area contributed by atoms with Gasteiger partial charge in [0.05, 0.1) is 6.33 Å². The van der Waals surface area contributed by atoms with E-state index in [0.29, 0.717) is 18.5 Å². The Kier molecular flexibility index (Phi) is 5.15. The molecule has 0 amide bonds. The molecule has 28 heavy (non-hydrogen) atoms. The topological polar surface area (TPSA) is 63.2 Å². The highest BCUT2D eigenvalue weighted by Gasteiger charge is 2.23. The van der Waals surface area contributed by atoms with E-state index in [1.165, 1.54) is 0 Å². The molecule has 0 aliphatic rings. The summed E-state index contributed by atoms with van der Waals surface area (Å²) in [4.78, 5) is 4.06. The molecule has 0 saturated carbocycles. The lowest BCUT2D eigenvalue weighted by Crippen LogP contribution is -2.07. The standard InChI is InChI=1S/C23H23N3O2/c27-22-21(19-10-5-2-6-11-19)20(16-18-8-3-1-4-9-18)26(23(22)28)14-7-13-25-15-12-24-17-25/h1-6,8-12,15,17,27-28H,7,13-14,16H2. The molecule has 2 heterocycles. The Morgan fingerprint density at radius 1 is 0.857 bits per heavy atom. The second kappa shape index (κ2) is 8.05. The second-order valence-electron chi connectivity index (χ2n) is 6.83. The van der Waals surface area contributed by atoms with E-state index in [1.807, 2.05) is 63.9 Å². The molecule has 4 aromatic rings. The van der Waals surface area contributed by atoms with Crippen molar-refractivity contribution in [2.75, 3.05) is 0 Å². The van der Waals surface area contributed by atoms with Crippen LogP contribution in [0.25, 0.3) is 11.1 Å². The number of aryl methyl sites for hydroxylation is 1. The molecule has 0 saturated heterocycles. The van der Waals surface area contributed by atoms with Crippen LogP contribution in [0.4, 0.5) is 0 Å². The van der Waals surface area contributed by atoms with Gasteiger partial charge >= 0.3 is 0 Å². The fraction of sp³-hybridized carbons (Fsp3) is 0.174. The first-order valence-corrected chi connectivity index (χ1v) is 9.42. The summed E-state index contributed by atoms with van der Waals surface area (Å²) in [7, 11) is 0. The molecule has 0 aliphatic carbocycles. The van der Waals surface area contributed by atoms with Crippen molar-refractivity contribution in [3.63, 3.8) is 0 Å². The lowest BCUT2D eigenvalue weighted by atomic mass is 10.0. The normalized spacial score (nSPS) is 11.0. The Morgan fingerprint density at radius 3 is 2.25 bits per heavy atom. The SMILES string of the molecule is Oc1c(-c2ccccc2)c(Cc2ccccc2)n(CCCn2ccnc2)c1O. The Hall–Kier alpha value is -3.47.